The van der Waals surface area contributed by atoms with Crippen molar-refractivity contribution in [2.45, 2.75) is 0 Å². The van der Waals surface area contributed by atoms with Crippen LogP contribution in [-0.4, -0.2) is 24.9 Å². The van der Waals surface area contributed by atoms with Gasteiger partial charge >= 0.3 is 0 Å². The average Bonchev–Trinajstić information content (AvgIpc) is 3.19. The summed E-state index contributed by atoms with van der Waals surface area (Å²) >= 11 is 0. The second kappa shape index (κ2) is 11.4. The van der Waals surface area contributed by atoms with Gasteiger partial charge in [-0.05, 0) is 70.1 Å². The Balaban J connectivity index is 0.998. The summed E-state index contributed by atoms with van der Waals surface area (Å²) in [4.78, 5) is 24.0. The van der Waals surface area contributed by atoms with Crippen LogP contribution in [0, 0.1) is 0 Å². The maximum absolute atomic E-state index is 5.13. The first-order valence-corrected chi connectivity index (χ1v) is 16.6. The standard InChI is InChI=1S/C45H27N5/c1-2-7-36-35(5-1)26-46-27-39(36)41-20-18-31-14-16-33(25-43(31)50-41)32-15-13-30-17-19-40(49-42(30)24-32)29-11-9-28(10-12-29)38-23-34-6-3-21-47-44(34)45-37(38)8-4-22-48-45/h1-27H. The van der Waals surface area contributed by atoms with Crippen LogP contribution in [0.1, 0.15) is 0 Å². The van der Waals surface area contributed by atoms with Gasteiger partial charge in [0.05, 0.1) is 33.5 Å². The molecule has 0 radical (unpaired) electrons. The zero-order valence-corrected chi connectivity index (χ0v) is 26.8. The number of benzene rings is 5. The lowest BCUT2D eigenvalue weighted by atomic mass is 9.96. The lowest BCUT2D eigenvalue weighted by Gasteiger charge is -2.11. The van der Waals surface area contributed by atoms with E-state index in [0.29, 0.717) is 0 Å². The van der Waals surface area contributed by atoms with E-state index in [1.54, 1.807) is 0 Å². The van der Waals surface area contributed by atoms with Crippen molar-refractivity contribution in [2.24, 2.45) is 0 Å². The highest BCUT2D eigenvalue weighted by Gasteiger charge is 2.12. The first-order chi connectivity index (χ1) is 24.7. The molecule has 232 valence electrons. The molecule has 0 aliphatic heterocycles. The third-order valence-electron chi connectivity index (χ3n) is 9.61. The summed E-state index contributed by atoms with van der Waals surface area (Å²) in [5.74, 6) is 0. The quantitative estimate of drug-likeness (QED) is 0.180. The fourth-order valence-electron chi connectivity index (χ4n) is 7.06. The van der Waals surface area contributed by atoms with E-state index < -0.39 is 0 Å². The molecule has 50 heavy (non-hydrogen) atoms. The lowest BCUT2D eigenvalue weighted by Crippen LogP contribution is -1.90. The summed E-state index contributed by atoms with van der Waals surface area (Å²) in [5.41, 5.74) is 12.2. The van der Waals surface area contributed by atoms with Crippen molar-refractivity contribution in [3.8, 4) is 44.8 Å². The third kappa shape index (κ3) is 4.75. The second-order valence-electron chi connectivity index (χ2n) is 12.6. The Morgan fingerprint density at radius 2 is 0.960 bits per heavy atom. The second-order valence-corrected chi connectivity index (χ2v) is 12.6. The van der Waals surface area contributed by atoms with Gasteiger partial charge in [-0.3, -0.25) is 15.0 Å². The minimum absolute atomic E-state index is 0.914. The molecule has 10 aromatic rings. The van der Waals surface area contributed by atoms with Gasteiger partial charge < -0.3 is 0 Å². The number of nitrogens with zero attached hydrogens (tertiary/aromatic N) is 5. The van der Waals surface area contributed by atoms with Crippen molar-refractivity contribution < 1.29 is 0 Å². The van der Waals surface area contributed by atoms with Gasteiger partial charge in [0.1, 0.15) is 0 Å². The van der Waals surface area contributed by atoms with Gasteiger partial charge in [-0.25, -0.2) is 9.97 Å². The Labute approximate surface area is 287 Å². The predicted octanol–water partition coefficient (Wildman–Crippen LogP) is 11.1. The first-order valence-electron chi connectivity index (χ1n) is 16.6. The number of rotatable bonds is 4. The van der Waals surface area contributed by atoms with Gasteiger partial charge in [0.15, 0.2) is 0 Å². The van der Waals surface area contributed by atoms with Gasteiger partial charge in [-0.1, -0.05) is 97.1 Å². The molecule has 0 spiro atoms. The summed E-state index contributed by atoms with van der Waals surface area (Å²) in [7, 11) is 0. The van der Waals surface area contributed by atoms with Crippen molar-refractivity contribution in [3.05, 3.63) is 164 Å². The molecular formula is C45H27N5. The van der Waals surface area contributed by atoms with E-state index in [4.69, 9.17) is 9.97 Å². The van der Waals surface area contributed by atoms with E-state index >= 15 is 0 Å². The highest BCUT2D eigenvalue weighted by atomic mass is 14.7. The molecule has 5 heterocycles. The van der Waals surface area contributed by atoms with Crippen LogP contribution in [0.5, 0.6) is 0 Å². The lowest BCUT2D eigenvalue weighted by molar-refractivity contribution is 1.33. The Morgan fingerprint density at radius 3 is 1.76 bits per heavy atom. The molecule has 0 N–H and O–H groups in total. The average molecular weight is 638 g/mol. The highest BCUT2D eigenvalue weighted by molar-refractivity contribution is 6.10. The van der Waals surface area contributed by atoms with Crippen LogP contribution in [-0.2, 0) is 0 Å². The van der Waals surface area contributed by atoms with Crippen molar-refractivity contribution in [2.75, 3.05) is 0 Å². The van der Waals surface area contributed by atoms with Crippen molar-refractivity contribution in [1.29, 1.82) is 0 Å². The molecule has 0 saturated carbocycles. The van der Waals surface area contributed by atoms with Crippen LogP contribution in [0.25, 0.3) is 99.2 Å². The van der Waals surface area contributed by atoms with Crippen LogP contribution in [0.2, 0.25) is 0 Å². The van der Waals surface area contributed by atoms with Crippen molar-refractivity contribution in [3.63, 3.8) is 0 Å². The van der Waals surface area contributed by atoms with Crippen molar-refractivity contribution in [1.82, 2.24) is 24.9 Å². The minimum atomic E-state index is 0.914. The highest BCUT2D eigenvalue weighted by Crippen LogP contribution is 2.35. The zero-order chi connectivity index (χ0) is 33.0. The number of hydrogen-bond donors (Lipinski definition) is 0. The summed E-state index contributed by atoms with van der Waals surface area (Å²) < 4.78 is 0. The Hall–Kier alpha value is -6.85. The van der Waals surface area contributed by atoms with Gasteiger partial charge in [-0.15, -0.1) is 0 Å². The molecule has 0 atom stereocenters. The maximum Gasteiger partial charge on any atom is 0.0970 e. The number of aromatic nitrogens is 5. The summed E-state index contributed by atoms with van der Waals surface area (Å²) in [5, 5.41) is 6.62. The SMILES string of the molecule is c1ccc2c(-c3ccc4ccc(-c5ccc6ccc(-c7ccc(-c8cc9cccnc9c9ncccc89)cc7)nc6c5)cc4n3)cncc2c1. The smallest absolute Gasteiger partial charge is 0.0970 e. The zero-order valence-electron chi connectivity index (χ0n) is 26.8. The molecule has 0 aliphatic carbocycles. The molecule has 5 aromatic heterocycles. The third-order valence-corrected chi connectivity index (χ3v) is 9.61. The molecule has 0 aliphatic rings. The van der Waals surface area contributed by atoms with Crippen molar-refractivity contribution >= 4 is 54.4 Å². The van der Waals surface area contributed by atoms with Crippen LogP contribution in [0.15, 0.2) is 164 Å². The van der Waals surface area contributed by atoms with Gasteiger partial charge in [0.25, 0.3) is 0 Å². The number of pyridine rings is 5. The van der Waals surface area contributed by atoms with Crippen LogP contribution in [0.3, 0.4) is 0 Å². The summed E-state index contributed by atoms with van der Waals surface area (Å²) in [6.45, 7) is 0. The van der Waals surface area contributed by atoms with Crippen LogP contribution in [0.4, 0.5) is 0 Å². The van der Waals surface area contributed by atoms with Gasteiger partial charge in [-0.2, -0.15) is 0 Å². The van der Waals surface area contributed by atoms with E-state index in [-0.39, 0.29) is 0 Å². The van der Waals surface area contributed by atoms with E-state index in [2.05, 4.69) is 136 Å². The Morgan fingerprint density at radius 1 is 0.360 bits per heavy atom. The molecular weight excluding hydrogens is 611 g/mol. The minimum Gasteiger partial charge on any atom is -0.263 e. The van der Waals surface area contributed by atoms with Crippen LogP contribution < -0.4 is 0 Å². The van der Waals surface area contributed by atoms with E-state index in [9.17, 15) is 0 Å². The number of fused-ring (bicyclic) bond motifs is 6. The molecule has 0 unspecified atom stereocenters. The molecule has 5 nitrogen and oxygen atoms in total. The molecule has 0 bridgehead atoms. The largest absolute Gasteiger partial charge is 0.263 e. The first kappa shape index (κ1) is 28.2. The fourth-order valence-corrected chi connectivity index (χ4v) is 7.06. The summed E-state index contributed by atoms with van der Waals surface area (Å²) in [6, 6.07) is 48.8. The molecule has 0 fully saturated rings. The van der Waals surface area contributed by atoms with Gasteiger partial charge in [0, 0.05) is 62.8 Å². The molecule has 10 rings (SSSR count). The molecule has 0 saturated heterocycles. The van der Waals surface area contributed by atoms with E-state index in [1.807, 2.05) is 43.0 Å². The predicted molar refractivity (Wildman–Crippen MR) is 205 cm³/mol. The maximum atomic E-state index is 5.13. The van der Waals surface area contributed by atoms with Gasteiger partial charge in [0.2, 0.25) is 0 Å². The molecule has 0 amide bonds. The summed E-state index contributed by atoms with van der Waals surface area (Å²) in [6.07, 6.45) is 7.46. The number of hydrogen-bond acceptors (Lipinski definition) is 5. The van der Waals surface area contributed by atoms with Crippen LogP contribution >= 0.6 is 0 Å². The van der Waals surface area contributed by atoms with E-state index in [0.717, 1.165) is 99.2 Å². The monoisotopic (exact) mass is 637 g/mol. The molecule has 5 heteroatoms. The Kier molecular flexibility index (Phi) is 6.42. The fraction of sp³-hybridized carbons (Fsp3) is 0. The topological polar surface area (TPSA) is 64.5 Å². The normalized spacial score (nSPS) is 11.6. The Bertz CT molecular complexity index is 2930. The van der Waals surface area contributed by atoms with E-state index in [1.165, 1.54) is 0 Å². The molecule has 5 aromatic carbocycles.